The van der Waals surface area contributed by atoms with Crippen molar-refractivity contribution >= 4 is 17.7 Å². The number of hydrogen-bond acceptors (Lipinski definition) is 5. The van der Waals surface area contributed by atoms with Crippen LogP contribution >= 0.6 is 11.8 Å². The number of nitrogens with one attached hydrogen (secondary N) is 2. The molecular formula is C14H23N5OS. The van der Waals surface area contributed by atoms with Gasteiger partial charge in [0, 0.05) is 19.0 Å². The maximum absolute atomic E-state index is 11.6. The number of carbonyl (C=O) groups is 1. The molecule has 0 unspecified atom stereocenters. The van der Waals surface area contributed by atoms with Gasteiger partial charge in [0.25, 0.3) is 0 Å². The first-order chi connectivity index (χ1) is 10.3. The third-order valence-electron chi connectivity index (χ3n) is 3.47. The normalized spacial score (nSPS) is 15.9. The summed E-state index contributed by atoms with van der Waals surface area (Å²) in [6, 6.07) is 0. The minimum absolute atomic E-state index is 0.0269. The molecule has 1 aromatic heterocycles. The summed E-state index contributed by atoms with van der Waals surface area (Å²) in [6.45, 7) is 9.10. The van der Waals surface area contributed by atoms with Crippen LogP contribution in [0.1, 0.15) is 31.5 Å². The van der Waals surface area contributed by atoms with E-state index in [1.165, 1.54) is 11.8 Å². The number of thioether (sulfide) groups is 1. The molecule has 1 aliphatic heterocycles. The number of rotatable bonds is 7. The van der Waals surface area contributed by atoms with Gasteiger partial charge in [0.1, 0.15) is 5.82 Å². The van der Waals surface area contributed by atoms with Crippen LogP contribution in [0.15, 0.2) is 17.8 Å². The second-order valence-electron chi connectivity index (χ2n) is 5.01. The zero-order chi connectivity index (χ0) is 15.1. The standard InChI is InChI=1S/C14H23N5OS/c1-3-9-19-13(11-5-7-15-8-6-11)17-18-14(19)21-10-12(20)16-4-2/h3,11,15H,1,4-10H2,2H3,(H,16,20). The average molecular weight is 309 g/mol. The van der Waals surface area contributed by atoms with Crippen LogP contribution in [0.3, 0.4) is 0 Å². The Morgan fingerprint density at radius 1 is 1.52 bits per heavy atom. The number of allylic oxidation sites excluding steroid dienone is 1. The molecule has 0 aromatic carbocycles. The van der Waals surface area contributed by atoms with Gasteiger partial charge < -0.3 is 15.2 Å². The van der Waals surface area contributed by atoms with Crippen molar-refractivity contribution in [1.29, 1.82) is 0 Å². The van der Waals surface area contributed by atoms with E-state index in [-0.39, 0.29) is 5.91 Å². The second-order valence-corrected chi connectivity index (χ2v) is 5.95. The predicted molar refractivity (Wildman–Crippen MR) is 84.5 cm³/mol. The van der Waals surface area contributed by atoms with Crippen LogP contribution < -0.4 is 10.6 Å². The van der Waals surface area contributed by atoms with Gasteiger partial charge in [-0.3, -0.25) is 4.79 Å². The van der Waals surface area contributed by atoms with Gasteiger partial charge in [0.15, 0.2) is 5.16 Å². The van der Waals surface area contributed by atoms with E-state index in [9.17, 15) is 4.79 Å². The first kappa shape index (κ1) is 16.0. The molecule has 21 heavy (non-hydrogen) atoms. The van der Waals surface area contributed by atoms with Gasteiger partial charge >= 0.3 is 0 Å². The van der Waals surface area contributed by atoms with Gasteiger partial charge in [-0.2, -0.15) is 0 Å². The SMILES string of the molecule is C=CCn1c(SCC(=O)NCC)nnc1C1CCNCC1. The molecule has 0 atom stereocenters. The van der Waals surface area contributed by atoms with Crippen LogP contribution in [0.5, 0.6) is 0 Å². The highest BCUT2D eigenvalue weighted by atomic mass is 32.2. The summed E-state index contributed by atoms with van der Waals surface area (Å²) >= 11 is 1.43. The molecule has 116 valence electrons. The largest absolute Gasteiger partial charge is 0.356 e. The quantitative estimate of drug-likeness (QED) is 0.584. The molecule has 0 aliphatic carbocycles. The van der Waals surface area contributed by atoms with Crippen molar-refractivity contribution in [3.05, 3.63) is 18.5 Å². The van der Waals surface area contributed by atoms with Gasteiger partial charge in [0.05, 0.1) is 5.75 Å². The second kappa shape index (κ2) is 8.19. The summed E-state index contributed by atoms with van der Waals surface area (Å²) in [5.74, 6) is 1.86. The molecule has 6 nitrogen and oxygen atoms in total. The van der Waals surface area contributed by atoms with Gasteiger partial charge in [-0.1, -0.05) is 17.8 Å². The van der Waals surface area contributed by atoms with Crippen molar-refractivity contribution in [2.75, 3.05) is 25.4 Å². The number of piperidine rings is 1. The van der Waals surface area contributed by atoms with Crippen molar-refractivity contribution in [1.82, 2.24) is 25.4 Å². The Hall–Kier alpha value is -1.34. The molecule has 2 rings (SSSR count). The monoisotopic (exact) mass is 309 g/mol. The molecule has 1 saturated heterocycles. The first-order valence-electron chi connectivity index (χ1n) is 7.40. The van der Waals surface area contributed by atoms with Crippen molar-refractivity contribution in [2.45, 2.75) is 37.4 Å². The van der Waals surface area contributed by atoms with E-state index in [2.05, 4.69) is 32.0 Å². The van der Waals surface area contributed by atoms with Crippen LogP contribution in [0.4, 0.5) is 0 Å². The summed E-state index contributed by atoms with van der Waals surface area (Å²) in [6.07, 6.45) is 4.01. The Morgan fingerprint density at radius 3 is 2.95 bits per heavy atom. The highest BCUT2D eigenvalue weighted by molar-refractivity contribution is 7.99. The van der Waals surface area contributed by atoms with E-state index < -0.39 is 0 Å². The Kier molecular flexibility index (Phi) is 6.25. The minimum atomic E-state index is 0.0269. The molecule has 2 N–H and O–H groups in total. The van der Waals surface area contributed by atoms with Crippen molar-refractivity contribution in [3.63, 3.8) is 0 Å². The van der Waals surface area contributed by atoms with E-state index in [0.717, 1.165) is 36.9 Å². The number of aromatic nitrogens is 3. The maximum Gasteiger partial charge on any atom is 0.230 e. The minimum Gasteiger partial charge on any atom is -0.356 e. The van der Waals surface area contributed by atoms with E-state index >= 15 is 0 Å². The maximum atomic E-state index is 11.6. The van der Waals surface area contributed by atoms with Crippen molar-refractivity contribution < 1.29 is 4.79 Å². The summed E-state index contributed by atoms with van der Waals surface area (Å²) in [5, 5.41) is 15.6. The number of carbonyl (C=O) groups excluding carboxylic acids is 1. The van der Waals surface area contributed by atoms with E-state index in [1.807, 2.05) is 13.0 Å². The van der Waals surface area contributed by atoms with Crippen LogP contribution in [0.2, 0.25) is 0 Å². The zero-order valence-electron chi connectivity index (χ0n) is 12.5. The molecule has 1 amide bonds. The summed E-state index contributed by atoms with van der Waals surface area (Å²) in [7, 11) is 0. The Bertz CT molecular complexity index is 482. The lowest BCUT2D eigenvalue weighted by atomic mass is 9.97. The van der Waals surface area contributed by atoms with Crippen LogP contribution in [0, 0.1) is 0 Å². The molecule has 0 spiro atoms. The summed E-state index contributed by atoms with van der Waals surface area (Å²) in [5.41, 5.74) is 0. The first-order valence-corrected chi connectivity index (χ1v) is 8.39. The molecule has 0 radical (unpaired) electrons. The van der Waals surface area contributed by atoms with E-state index in [1.54, 1.807) is 0 Å². The smallest absolute Gasteiger partial charge is 0.230 e. The van der Waals surface area contributed by atoms with E-state index in [4.69, 9.17) is 0 Å². The number of nitrogens with zero attached hydrogens (tertiary/aromatic N) is 3. The highest BCUT2D eigenvalue weighted by Gasteiger charge is 2.23. The van der Waals surface area contributed by atoms with Gasteiger partial charge in [-0.05, 0) is 32.9 Å². The molecule has 0 saturated carbocycles. The lowest BCUT2D eigenvalue weighted by molar-refractivity contribution is -0.118. The zero-order valence-corrected chi connectivity index (χ0v) is 13.3. The third kappa shape index (κ3) is 4.31. The highest BCUT2D eigenvalue weighted by Crippen LogP contribution is 2.27. The Morgan fingerprint density at radius 2 is 2.29 bits per heavy atom. The average Bonchev–Trinajstić information content (AvgIpc) is 2.90. The summed E-state index contributed by atoms with van der Waals surface area (Å²) in [4.78, 5) is 11.6. The number of amides is 1. The van der Waals surface area contributed by atoms with Gasteiger partial charge in [0.2, 0.25) is 5.91 Å². The Balaban J connectivity index is 2.08. The van der Waals surface area contributed by atoms with Crippen LogP contribution in [-0.2, 0) is 11.3 Å². The fraction of sp³-hybridized carbons (Fsp3) is 0.643. The summed E-state index contributed by atoms with van der Waals surface area (Å²) < 4.78 is 2.09. The predicted octanol–water partition coefficient (Wildman–Crippen LogP) is 1.16. The molecule has 7 heteroatoms. The molecule has 0 bridgehead atoms. The lowest BCUT2D eigenvalue weighted by Crippen LogP contribution is -2.28. The fourth-order valence-electron chi connectivity index (χ4n) is 2.47. The topological polar surface area (TPSA) is 71.8 Å². The number of hydrogen-bond donors (Lipinski definition) is 2. The van der Waals surface area contributed by atoms with Gasteiger partial charge in [-0.15, -0.1) is 16.8 Å². The lowest BCUT2D eigenvalue weighted by Gasteiger charge is -2.22. The van der Waals surface area contributed by atoms with Crippen molar-refractivity contribution in [3.8, 4) is 0 Å². The van der Waals surface area contributed by atoms with Gasteiger partial charge in [-0.25, -0.2) is 0 Å². The molecular weight excluding hydrogens is 286 g/mol. The third-order valence-corrected chi connectivity index (χ3v) is 4.43. The molecule has 1 aliphatic rings. The molecule has 1 aromatic rings. The molecule has 2 heterocycles. The van der Waals surface area contributed by atoms with Crippen LogP contribution in [-0.4, -0.2) is 46.1 Å². The molecule has 1 fully saturated rings. The Labute approximate surface area is 129 Å². The van der Waals surface area contributed by atoms with Crippen LogP contribution in [0.25, 0.3) is 0 Å². The fourth-order valence-corrected chi connectivity index (χ4v) is 3.25. The van der Waals surface area contributed by atoms with E-state index in [0.29, 0.717) is 24.8 Å². The van der Waals surface area contributed by atoms with Crippen molar-refractivity contribution in [2.24, 2.45) is 0 Å².